The summed E-state index contributed by atoms with van der Waals surface area (Å²) in [4.78, 5) is 10.0. The van der Waals surface area contributed by atoms with Crippen LogP contribution < -0.4 is 0 Å². The first-order valence-electron chi connectivity index (χ1n) is 4.56. The fourth-order valence-electron chi connectivity index (χ4n) is 1.30. The van der Waals surface area contributed by atoms with E-state index in [9.17, 15) is 0 Å². The molecule has 0 amide bonds. The Labute approximate surface area is 91.7 Å². The Kier molecular flexibility index (Phi) is 2.93. The second-order valence-electron chi connectivity index (χ2n) is 3.20. The van der Waals surface area contributed by atoms with Crippen molar-refractivity contribution in [3.05, 3.63) is 32.2 Å². The average molecular weight is 224 g/mol. The standard InChI is InChI=1S/C10H12N2S2/c1-7-11-5-10(14-7)4-3-9-6-13-8(2)12-9/h5-6H,3-4H2,1-2H3. The molecule has 0 aliphatic carbocycles. The molecule has 0 aromatic carbocycles. The lowest BCUT2D eigenvalue weighted by atomic mass is 10.2. The molecule has 0 fully saturated rings. The third-order valence-corrected chi connectivity index (χ3v) is 3.76. The maximum Gasteiger partial charge on any atom is 0.0897 e. The second-order valence-corrected chi connectivity index (χ2v) is 5.59. The molecule has 4 heteroatoms. The van der Waals surface area contributed by atoms with Gasteiger partial charge in [0.05, 0.1) is 15.7 Å². The van der Waals surface area contributed by atoms with Crippen molar-refractivity contribution in [2.75, 3.05) is 0 Å². The number of hydrogen-bond acceptors (Lipinski definition) is 4. The van der Waals surface area contributed by atoms with Crippen LogP contribution in [-0.2, 0) is 12.8 Å². The maximum atomic E-state index is 4.44. The van der Waals surface area contributed by atoms with E-state index in [0.717, 1.165) is 22.9 Å². The van der Waals surface area contributed by atoms with Crippen LogP contribution in [0.25, 0.3) is 0 Å². The summed E-state index contributed by atoms with van der Waals surface area (Å²) < 4.78 is 0. The number of hydrogen-bond donors (Lipinski definition) is 0. The van der Waals surface area contributed by atoms with Crippen molar-refractivity contribution < 1.29 is 0 Å². The highest BCUT2D eigenvalue weighted by atomic mass is 32.1. The van der Waals surface area contributed by atoms with Gasteiger partial charge in [-0.05, 0) is 26.7 Å². The van der Waals surface area contributed by atoms with Gasteiger partial charge in [0, 0.05) is 16.5 Å². The molecule has 2 aromatic rings. The largest absolute Gasteiger partial charge is 0.250 e. The Balaban J connectivity index is 1.94. The Morgan fingerprint density at radius 1 is 1.21 bits per heavy atom. The Morgan fingerprint density at radius 3 is 2.64 bits per heavy atom. The average Bonchev–Trinajstić information content (AvgIpc) is 2.72. The first kappa shape index (κ1) is 9.80. The first-order valence-corrected chi connectivity index (χ1v) is 6.26. The van der Waals surface area contributed by atoms with Crippen molar-refractivity contribution in [3.63, 3.8) is 0 Å². The van der Waals surface area contributed by atoms with E-state index in [1.54, 1.807) is 22.7 Å². The predicted molar refractivity (Wildman–Crippen MR) is 61.1 cm³/mol. The van der Waals surface area contributed by atoms with Crippen LogP contribution in [0.1, 0.15) is 20.6 Å². The van der Waals surface area contributed by atoms with E-state index in [4.69, 9.17) is 0 Å². The summed E-state index contributed by atoms with van der Waals surface area (Å²) in [5, 5.41) is 4.44. The van der Waals surface area contributed by atoms with E-state index in [0.29, 0.717) is 0 Å². The summed E-state index contributed by atoms with van der Waals surface area (Å²) in [7, 11) is 0. The molecule has 0 aliphatic rings. The van der Waals surface area contributed by atoms with E-state index in [-0.39, 0.29) is 0 Å². The normalized spacial score (nSPS) is 10.7. The molecule has 0 atom stereocenters. The smallest absolute Gasteiger partial charge is 0.0897 e. The van der Waals surface area contributed by atoms with Crippen LogP contribution in [0.3, 0.4) is 0 Å². The predicted octanol–water partition coefficient (Wildman–Crippen LogP) is 3.00. The molecule has 0 aliphatic heterocycles. The van der Waals surface area contributed by atoms with Gasteiger partial charge in [-0.25, -0.2) is 9.97 Å². The zero-order chi connectivity index (χ0) is 9.97. The maximum absolute atomic E-state index is 4.44. The van der Waals surface area contributed by atoms with E-state index in [1.165, 1.54) is 10.6 Å². The van der Waals surface area contributed by atoms with Gasteiger partial charge >= 0.3 is 0 Å². The Bertz CT molecular complexity index is 377. The quantitative estimate of drug-likeness (QED) is 0.801. The molecule has 0 spiro atoms. The van der Waals surface area contributed by atoms with Crippen LogP contribution in [0, 0.1) is 13.8 Å². The van der Waals surface area contributed by atoms with Crippen molar-refractivity contribution in [2.24, 2.45) is 0 Å². The molecule has 2 aromatic heterocycles. The molecular formula is C10H12N2S2. The van der Waals surface area contributed by atoms with Gasteiger partial charge in [-0.15, -0.1) is 22.7 Å². The van der Waals surface area contributed by atoms with Crippen molar-refractivity contribution in [1.29, 1.82) is 0 Å². The van der Waals surface area contributed by atoms with Gasteiger partial charge in [0.2, 0.25) is 0 Å². The van der Waals surface area contributed by atoms with Crippen molar-refractivity contribution in [2.45, 2.75) is 26.7 Å². The number of aryl methyl sites for hydroxylation is 4. The lowest BCUT2D eigenvalue weighted by Crippen LogP contribution is -1.88. The highest BCUT2D eigenvalue weighted by molar-refractivity contribution is 7.11. The molecule has 0 bridgehead atoms. The van der Waals surface area contributed by atoms with Crippen molar-refractivity contribution in [3.8, 4) is 0 Å². The topological polar surface area (TPSA) is 25.8 Å². The van der Waals surface area contributed by atoms with Gasteiger partial charge in [-0.1, -0.05) is 0 Å². The van der Waals surface area contributed by atoms with Gasteiger partial charge in [0.25, 0.3) is 0 Å². The molecule has 0 N–H and O–H groups in total. The van der Waals surface area contributed by atoms with E-state index < -0.39 is 0 Å². The molecule has 14 heavy (non-hydrogen) atoms. The molecule has 0 unspecified atom stereocenters. The zero-order valence-electron chi connectivity index (χ0n) is 8.28. The van der Waals surface area contributed by atoms with E-state index in [2.05, 4.69) is 15.3 Å². The molecule has 2 nitrogen and oxygen atoms in total. The summed E-state index contributed by atoms with van der Waals surface area (Å²) in [5.74, 6) is 0. The summed E-state index contributed by atoms with van der Waals surface area (Å²) in [6, 6.07) is 0. The number of aromatic nitrogens is 2. The minimum Gasteiger partial charge on any atom is -0.250 e. The van der Waals surface area contributed by atoms with Crippen LogP contribution in [-0.4, -0.2) is 9.97 Å². The number of nitrogens with zero attached hydrogens (tertiary/aromatic N) is 2. The van der Waals surface area contributed by atoms with Crippen LogP contribution in [0.2, 0.25) is 0 Å². The van der Waals surface area contributed by atoms with Crippen molar-refractivity contribution >= 4 is 22.7 Å². The van der Waals surface area contributed by atoms with E-state index in [1.807, 2.05) is 20.0 Å². The van der Waals surface area contributed by atoms with Crippen molar-refractivity contribution in [1.82, 2.24) is 9.97 Å². The molecule has 0 radical (unpaired) electrons. The van der Waals surface area contributed by atoms with Gasteiger partial charge in [0.15, 0.2) is 0 Å². The van der Waals surface area contributed by atoms with Crippen LogP contribution >= 0.6 is 22.7 Å². The zero-order valence-corrected chi connectivity index (χ0v) is 9.91. The minimum absolute atomic E-state index is 1.03. The lowest BCUT2D eigenvalue weighted by Gasteiger charge is -1.92. The molecule has 2 rings (SSSR count). The fraction of sp³-hybridized carbons (Fsp3) is 0.400. The second kappa shape index (κ2) is 4.19. The lowest BCUT2D eigenvalue weighted by molar-refractivity contribution is 0.932. The van der Waals surface area contributed by atoms with Gasteiger partial charge < -0.3 is 0 Å². The third kappa shape index (κ3) is 2.39. The van der Waals surface area contributed by atoms with Crippen LogP contribution in [0.5, 0.6) is 0 Å². The van der Waals surface area contributed by atoms with Gasteiger partial charge in [0.1, 0.15) is 0 Å². The Hall–Kier alpha value is -0.740. The molecule has 2 heterocycles. The summed E-state index contributed by atoms with van der Waals surface area (Å²) in [6.07, 6.45) is 4.07. The van der Waals surface area contributed by atoms with Gasteiger partial charge in [-0.2, -0.15) is 0 Å². The molecular weight excluding hydrogens is 212 g/mol. The molecule has 74 valence electrons. The van der Waals surface area contributed by atoms with Gasteiger partial charge in [-0.3, -0.25) is 0 Å². The summed E-state index contributed by atoms with van der Waals surface area (Å²) in [5.41, 5.74) is 1.21. The Morgan fingerprint density at radius 2 is 2.07 bits per heavy atom. The molecule has 0 saturated heterocycles. The van der Waals surface area contributed by atoms with Crippen LogP contribution in [0.4, 0.5) is 0 Å². The third-order valence-electron chi connectivity index (χ3n) is 1.96. The van der Waals surface area contributed by atoms with Crippen LogP contribution in [0.15, 0.2) is 11.6 Å². The highest BCUT2D eigenvalue weighted by Crippen LogP contribution is 2.15. The number of rotatable bonds is 3. The molecule has 0 saturated carbocycles. The fourth-order valence-corrected chi connectivity index (χ4v) is 2.74. The first-order chi connectivity index (χ1) is 6.74. The number of thiazole rings is 2. The summed E-state index contributed by atoms with van der Waals surface area (Å²) in [6.45, 7) is 4.09. The highest BCUT2D eigenvalue weighted by Gasteiger charge is 2.01. The summed E-state index contributed by atoms with van der Waals surface area (Å²) >= 11 is 3.50. The SMILES string of the molecule is Cc1nc(CCc2cnc(C)s2)cs1. The van der Waals surface area contributed by atoms with E-state index >= 15 is 0 Å². The minimum atomic E-state index is 1.03. The monoisotopic (exact) mass is 224 g/mol.